The van der Waals surface area contributed by atoms with Gasteiger partial charge < -0.3 is 0 Å². The van der Waals surface area contributed by atoms with Gasteiger partial charge in [0.25, 0.3) is 0 Å². The standard InChI is InChI=1S/C10H11Cl2/c1-3-7-5-6-9(11)10(12)8(7)4-2/h5H,3-4H2,1-2H3. The van der Waals surface area contributed by atoms with E-state index in [1.54, 1.807) is 0 Å². The van der Waals surface area contributed by atoms with Crippen LogP contribution < -0.4 is 0 Å². The molecule has 1 radical (unpaired) electrons. The first-order valence-corrected chi connectivity index (χ1v) is 4.83. The van der Waals surface area contributed by atoms with E-state index < -0.39 is 0 Å². The Hall–Kier alpha value is -0.200. The van der Waals surface area contributed by atoms with Crippen molar-refractivity contribution < 1.29 is 0 Å². The van der Waals surface area contributed by atoms with Crippen LogP contribution in [-0.4, -0.2) is 0 Å². The normalized spacial score (nSPS) is 10.3. The molecular weight excluding hydrogens is 191 g/mol. The minimum atomic E-state index is 0.533. The van der Waals surface area contributed by atoms with Gasteiger partial charge in [0.15, 0.2) is 0 Å². The molecule has 0 aliphatic heterocycles. The maximum absolute atomic E-state index is 6.01. The van der Waals surface area contributed by atoms with Crippen LogP contribution in [0.15, 0.2) is 6.07 Å². The predicted molar refractivity (Wildman–Crippen MR) is 54.1 cm³/mol. The molecule has 0 N–H and O–H groups in total. The van der Waals surface area contributed by atoms with E-state index in [0.717, 1.165) is 18.4 Å². The highest BCUT2D eigenvalue weighted by atomic mass is 35.5. The van der Waals surface area contributed by atoms with E-state index in [1.165, 1.54) is 5.56 Å². The minimum absolute atomic E-state index is 0.533. The second kappa shape index (κ2) is 4.15. The van der Waals surface area contributed by atoms with Crippen molar-refractivity contribution in [3.63, 3.8) is 0 Å². The predicted octanol–water partition coefficient (Wildman–Crippen LogP) is 3.92. The Morgan fingerprint density at radius 1 is 1.25 bits per heavy atom. The molecule has 0 heterocycles. The van der Waals surface area contributed by atoms with E-state index in [9.17, 15) is 0 Å². The van der Waals surface area contributed by atoms with Crippen LogP contribution in [0.25, 0.3) is 0 Å². The Balaban J connectivity index is 3.25. The first kappa shape index (κ1) is 9.88. The van der Waals surface area contributed by atoms with Gasteiger partial charge in [-0.15, -0.1) is 0 Å². The van der Waals surface area contributed by atoms with Crippen LogP contribution in [0.5, 0.6) is 0 Å². The molecule has 1 rings (SSSR count). The molecule has 0 fully saturated rings. The molecule has 0 unspecified atom stereocenters. The van der Waals surface area contributed by atoms with Gasteiger partial charge in [-0.05, 0) is 30.0 Å². The van der Waals surface area contributed by atoms with Gasteiger partial charge in [0.1, 0.15) is 0 Å². The summed E-state index contributed by atoms with van der Waals surface area (Å²) in [5, 5.41) is 1.20. The van der Waals surface area contributed by atoms with E-state index in [2.05, 4.69) is 19.9 Å². The maximum atomic E-state index is 6.01. The zero-order chi connectivity index (χ0) is 9.14. The van der Waals surface area contributed by atoms with Crippen molar-refractivity contribution in [3.8, 4) is 0 Å². The summed E-state index contributed by atoms with van der Waals surface area (Å²) in [7, 11) is 0. The van der Waals surface area contributed by atoms with E-state index in [1.807, 2.05) is 6.07 Å². The van der Waals surface area contributed by atoms with Crippen molar-refractivity contribution in [2.24, 2.45) is 0 Å². The van der Waals surface area contributed by atoms with E-state index in [-0.39, 0.29) is 0 Å². The molecule has 0 bridgehead atoms. The summed E-state index contributed by atoms with van der Waals surface area (Å²) in [6.45, 7) is 4.18. The fourth-order valence-corrected chi connectivity index (χ4v) is 1.75. The van der Waals surface area contributed by atoms with Crippen LogP contribution in [0.3, 0.4) is 0 Å². The van der Waals surface area contributed by atoms with Crippen molar-refractivity contribution >= 4 is 23.2 Å². The van der Waals surface area contributed by atoms with E-state index in [4.69, 9.17) is 23.2 Å². The van der Waals surface area contributed by atoms with Gasteiger partial charge in [0.2, 0.25) is 0 Å². The summed E-state index contributed by atoms with van der Waals surface area (Å²) in [6.07, 6.45) is 1.91. The molecule has 0 saturated carbocycles. The third kappa shape index (κ3) is 1.75. The van der Waals surface area contributed by atoms with Crippen LogP contribution in [0, 0.1) is 6.07 Å². The number of rotatable bonds is 2. The first-order valence-electron chi connectivity index (χ1n) is 4.08. The smallest absolute Gasteiger partial charge is 0.0674 e. The second-order valence-electron chi connectivity index (χ2n) is 2.63. The molecule has 0 aromatic heterocycles. The average molecular weight is 202 g/mol. The SMILES string of the molecule is CCc1c[c]c(Cl)c(Cl)c1CC. The van der Waals surface area contributed by atoms with Gasteiger partial charge in [-0.25, -0.2) is 0 Å². The summed E-state index contributed by atoms with van der Waals surface area (Å²) in [4.78, 5) is 0. The zero-order valence-electron chi connectivity index (χ0n) is 7.25. The lowest BCUT2D eigenvalue weighted by molar-refractivity contribution is 1.04. The summed E-state index contributed by atoms with van der Waals surface area (Å²) in [5.41, 5.74) is 2.40. The monoisotopic (exact) mass is 201 g/mol. The van der Waals surface area contributed by atoms with Gasteiger partial charge in [-0.2, -0.15) is 0 Å². The van der Waals surface area contributed by atoms with Gasteiger partial charge >= 0.3 is 0 Å². The van der Waals surface area contributed by atoms with Gasteiger partial charge in [-0.3, -0.25) is 0 Å². The third-order valence-electron chi connectivity index (χ3n) is 1.95. The lowest BCUT2D eigenvalue weighted by Crippen LogP contribution is -1.92. The second-order valence-corrected chi connectivity index (χ2v) is 3.38. The fourth-order valence-electron chi connectivity index (χ4n) is 1.27. The highest BCUT2D eigenvalue weighted by Crippen LogP contribution is 2.28. The Labute approximate surface area is 83.5 Å². The topological polar surface area (TPSA) is 0 Å². The summed E-state index contributed by atoms with van der Waals surface area (Å²) in [6, 6.07) is 4.85. The molecule has 0 spiro atoms. The molecule has 0 atom stereocenters. The molecule has 0 amide bonds. The molecule has 2 heteroatoms. The Kier molecular flexibility index (Phi) is 3.42. The van der Waals surface area contributed by atoms with Crippen molar-refractivity contribution in [3.05, 3.63) is 33.3 Å². The van der Waals surface area contributed by atoms with Gasteiger partial charge in [0.05, 0.1) is 10.0 Å². The number of hydrogen-bond acceptors (Lipinski definition) is 0. The quantitative estimate of drug-likeness (QED) is 0.681. The number of hydrogen-bond donors (Lipinski definition) is 0. The highest BCUT2D eigenvalue weighted by Gasteiger charge is 2.07. The molecule has 65 valence electrons. The molecule has 0 aliphatic carbocycles. The Morgan fingerprint density at radius 2 is 1.92 bits per heavy atom. The number of halogens is 2. The van der Waals surface area contributed by atoms with E-state index in [0.29, 0.717) is 10.0 Å². The minimum Gasteiger partial charge on any atom is -0.0824 e. The zero-order valence-corrected chi connectivity index (χ0v) is 8.76. The number of benzene rings is 1. The van der Waals surface area contributed by atoms with Crippen LogP contribution >= 0.6 is 23.2 Å². The summed E-state index contributed by atoms with van der Waals surface area (Å²) < 4.78 is 0. The molecule has 1 aromatic carbocycles. The first-order chi connectivity index (χ1) is 5.70. The molecule has 1 aromatic rings. The van der Waals surface area contributed by atoms with Crippen molar-refractivity contribution in [1.29, 1.82) is 0 Å². The van der Waals surface area contributed by atoms with Crippen LogP contribution in [0.1, 0.15) is 25.0 Å². The Morgan fingerprint density at radius 3 is 2.42 bits per heavy atom. The summed E-state index contributed by atoms with van der Waals surface area (Å²) in [5.74, 6) is 0. The van der Waals surface area contributed by atoms with Gasteiger partial charge in [-0.1, -0.05) is 37.0 Å². The Bertz CT molecular complexity index is 279. The lowest BCUT2D eigenvalue weighted by Gasteiger charge is -2.08. The highest BCUT2D eigenvalue weighted by molar-refractivity contribution is 6.42. The molecule has 0 aliphatic rings. The summed E-state index contributed by atoms with van der Waals surface area (Å²) >= 11 is 11.8. The van der Waals surface area contributed by atoms with Gasteiger partial charge in [0, 0.05) is 6.07 Å². The molecule has 0 saturated heterocycles. The molecule has 0 nitrogen and oxygen atoms in total. The van der Waals surface area contributed by atoms with Crippen molar-refractivity contribution in [1.82, 2.24) is 0 Å². The largest absolute Gasteiger partial charge is 0.0824 e. The molecular formula is C10H11Cl2. The van der Waals surface area contributed by atoms with Crippen LogP contribution in [0.2, 0.25) is 10.0 Å². The van der Waals surface area contributed by atoms with Crippen molar-refractivity contribution in [2.75, 3.05) is 0 Å². The van der Waals surface area contributed by atoms with Crippen molar-refractivity contribution in [2.45, 2.75) is 26.7 Å². The maximum Gasteiger partial charge on any atom is 0.0674 e. The van der Waals surface area contributed by atoms with E-state index >= 15 is 0 Å². The van der Waals surface area contributed by atoms with Crippen LogP contribution in [0.4, 0.5) is 0 Å². The molecule has 12 heavy (non-hydrogen) atoms. The van der Waals surface area contributed by atoms with Crippen LogP contribution in [-0.2, 0) is 12.8 Å². The fraction of sp³-hybridized carbons (Fsp3) is 0.400. The average Bonchev–Trinajstić information content (AvgIpc) is 2.09. The lowest BCUT2D eigenvalue weighted by atomic mass is 10.0. The third-order valence-corrected chi connectivity index (χ3v) is 2.76. The number of aryl methyl sites for hydroxylation is 1.